The Morgan fingerprint density at radius 1 is 1.27 bits per heavy atom. The Morgan fingerprint density at radius 2 is 2.07 bits per heavy atom. The van der Waals surface area contributed by atoms with Gasteiger partial charge in [-0.25, -0.2) is 0 Å². The Bertz CT molecular complexity index is 866. The molecule has 2 amide bonds. The van der Waals surface area contributed by atoms with Crippen molar-refractivity contribution in [3.05, 3.63) is 51.7 Å². The number of thiophene rings is 1. The quantitative estimate of drug-likeness (QED) is 0.572. The van der Waals surface area contributed by atoms with Crippen LogP contribution in [-0.4, -0.2) is 61.6 Å². The highest BCUT2D eigenvalue weighted by Crippen LogP contribution is 2.34. The molecule has 30 heavy (non-hydrogen) atoms. The van der Waals surface area contributed by atoms with Crippen molar-refractivity contribution in [1.29, 1.82) is 0 Å². The number of methoxy groups -OCH3 is 1. The van der Waals surface area contributed by atoms with Gasteiger partial charge in [0, 0.05) is 38.6 Å². The van der Waals surface area contributed by atoms with E-state index in [1.54, 1.807) is 23.3 Å². The summed E-state index contributed by atoms with van der Waals surface area (Å²) in [7, 11) is 1.63. The van der Waals surface area contributed by atoms with E-state index in [-0.39, 0.29) is 24.4 Å². The van der Waals surface area contributed by atoms with E-state index in [0.717, 1.165) is 23.3 Å². The Hall–Kier alpha value is -2.38. The number of rotatable bonds is 9. The molecule has 0 radical (unpaired) electrons. The Morgan fingerprint density at radius 3 is 2.80 bits per heavy atom. The number of benzene rings is 1. The molecule has 0 spiro atoms. The number of ether oxygens (including phenoxy) is 2. The van der Waals surface area contributed by atoms with E-state index in [0.29, 0.717) is 32.7 Å². The second-order valence-electron chi connectivity index (χ2n) is 7.52. The minimum Gasteiger partial charge on any atom is -0.491 e. The van der Waals surface area contributed by atoms with E-state index in [1.165, 1.54) is 11.8 Å². The lowest BCUT2D eigenvalue weighted by Crippen LogP contribution is -2.47. The van der Waals surface area contributed by atoms with Gasteiger partial charge in [-0.3, -0.25) is 9.59 Å². The number of aryl methyl sites for hydroxylation is 1. The highest BCUT2D eigenvalue weighted by molar-refractivity contribution is 7.10. The first-order valence-electron chi connectivity index (χ1n) is 10.3. The fourth-order valence-electron chi connectivity index (χ4n) is 3.76. The molecule has 1 aromatic heterocycles. The zero-order chi connectivity index (χ0) is 21.5. The third kappa shape index (κ3) is 5.40. The summed E-state index contributed by atoms with van der Waals surface area (Å²) in [5, 5.41) is 2.08. The van der Waals surface area contributed by atoms with Crippen molar-refractivity contribution in [3.8, 4) is 5.75 Å². The van der Waals surface area contributed by atoms with Crippen molar-refractivity contribution in [1.82, 2.24) is 9.80 Å². The van der Waals surface area contributed by atoms with E-state index in [1.807, 2.05) is 36.1 Å². The van der Waals surface area contributed by atoms with E-state index in [4.69, 9.17) is 9.47 Å². The standard InChI is InChI=1S/C23H30N2O4S/c1-17-7-4-5-8-21(17)29-16-20-19-10-14-30-22(19)9-12-25(20)23(27)15-24(18(2)26)11-6-13-28-3/h4-5,7-8,10,14,20H,6,9,11-13,15-16H2,1-3H3. The molecule has 1 atom stereocenters. The zero-order valence-electron chi connectivity index (χ0n) is 17.9. The second kappa shape index (κ2) is 10.6. The summed E-state index contributed by atoms with van der Waals surface area (Å²) in [6.07, 6.45) is 1.54. The van der Waals surface area contributed by atoms with E-state index >= 15 is 0 Å². The second-order valence-corrected chi connectivity index (χ2v) is 8.52. The van der Waals surface area contributed by atoms with Crippen LogP contribution in [0.4, 0.5) is 0 Å². The first-order valence-corrected chi connectivity index (χ1v) is 11.2. The molecule has 3 rings (SSSR count). The van der Waals surface area contributed by atoms with Crippen molar-refractivity contribution in [3.63, 3.8) is 0 Å². The van der Waals surface area contributed by atoms with Crippen LogP contribution in [0, 0.1) is 6.92 Å². The number of amides is 2. The SMILES string of the molecule is COCCCN(CC(=O)N1CCc2sccc2C1COc1ccccc1C)C(C)=O. The molecule has 0 fully saturated rings. The van der Waals surface area contributed by atoms with Crippen LogP contribution in [0.5, 0.6) is 5.75 Å². The van der Waals surface area contributed by atoms with Crippen LogP contribution in [0.2, 0.25) is 0 Å². The summed E-state index contributed by atoms with van der Waals surface area (Å²) in [6.45, 7) is 5.71. The number of fused-ring (bicyclic) bond motifs is 1. The van der Waals surface area contributed by atoms with Crippen molar-refractivity contribution in [2.24, 2.45) is 0 Å². The van der Waals surface area contributed by atoms with Gasteiger partial charge in [0.05, 0.1) is 12.6 Å². The predicted octanol–water partition coefficient (Wildman–Crippen LogP) is 3.45. The minimum atomic E-state index is -0.153. The lowest BCUT2D eigenvalue weighted by Gasteiger charge is -2.37. The molecule has 0 saturated heterocycles. The van der Waals surface area contributed by atoms with Crippen LogP contribution in [0.1, 0.15) is 35.4 Å². The van der Waals surface area contributed by atoms with Gasteiger partial charge in [0.25, 0.3) is 0 Å². The monoisotopic (exact) mass is 430 g/mol. The molecular weight excluding hydrogens is 400 g/mol. The topological polar surface area (TPSA) is 59.1 Å². The van der Waals surface area contributed by atoms with Gasteiger partial charge in [-0.15, -0.1) is 11.3 Å². The highest BCUT2D eigenvalue weighted by Gasteiger charge is 2.33. The largest absolute Gasteiger partial charge is 0.491 e. The predicted molar refractivity (Wildman–Crippen MR) is 118 cm³/mol. The summed E-state index contributed by atoms with van der Waals surface area (Å²) in [4.78, 5) is 30.0. The molecule has 1 aliphatic rings. The molecule has 6 nitrogen and oxygen atoms in total. The number of para-hydroxylation sites is 1. The molecular formula is C23H30N2O4S. The van der Waals surface area contributed by atoms with Crippen molar-refractivity contribution in [2.75, 3.05) is 40.0 Å². The van der Waals surface area contributed by atoms with Gasteiger partial charge in [0.15, 0.2) is 0 Å². The number of hydrogen-bond donors (Lipinski definition) is 0. The van der Waals surface area contributed by atoms with Crippen molar-refractivity contribution >= 4 is 23.2 Å². The van der Waals surface area contributed by atoms with Crippen LogP contribution in [0.3, 0.4) is 0 Å². The molecule has 1 unspecified atom stereocenters. The van der Waals surface area contributed by atoms with Crippen LogP contribution >= 0.6 is 11.3 Å². The molecule has 0 N–H and O–H groups in total. The molecule has 2 heterocycles. The normalized spacial score (nSPS) is 15.6. The van der Waals surface area contributed by atoms with Crippen LogP contribution in [-0.2, 0) is 20.7 Å². The third-order valence-electron chi connectivity index (χ3n) is 5.45. The van der Waals surface area contributed by atoms with Crippen LogP contribution < -0.4 is 4.74 Å². The lowest BCUT2D eigenvalue weighted by molar-refractivity contribution is -0.142. The van der Waals surface area contributed by atoms with Gasteiger partial charge in [-0.2, -0.15) is 0 Å². The third-order valence-corrected chi connectivity index (χ3v) is 6.45. The average molecular weight is 431 g/mol. The number of carbonyl (C=O) groups excluding carboxylic acids is 2. The average Bonchev–Trinajstić information content (AvgIpc) is 3.21. The molecule has 0 saturated carbocycles. The maximum atomic E-state index is 13.2. The molecule has 1 aromatic carbocycles. The summed E-state index contributed by atoms with van der Waals surface area (Å²) in [5.41, 5.74) is 2.22. The fourth-order valence-corrected chi connectivity index (χ4v) is 4.69. The maximum Gasteiger partial charge on any atom is 0.242 e. The number of hydrogen-bond acceptors (Lipinski definition) is 5. The van der Waals surface area contributed by atoms with Gasteiger partial charge >= 0.3 is 0 Å². The van der Waals surface area contributed by atoms with E-state index < -0.39 is 0 Å². The number of carbonyl (C=O) groups is 2. The maximum absolute atomic E-state index is 13.2. The van der Waals surface area contributed by atoms with Gasteiger partial charge < -0.3 is 19.3 Å². The highest BCUT2D eigenvalue weighted by atomic mass is 32.1. The Kier molecular flexibility index (Phi) is 7.87. The summed E-state index contributed by atoms with van der Waals surface area (Å²) in [5.74, 6) is 0.690. The first kappa shape index (κ1) is 22.3. The molecule has 7 heteroatoms. The Labute approximate surface area is 182 Å². The van der Waals surface area contributed by atoms with Crippen LogP contribution in [0.25, 0.3) is 0 Å². The van der Waals surface area contributed by atoms with Crippen molar-refractivity contribution in [2.45, 2.75) is 32.7 Å². The molecule has 162 valence electrons. The van der Waals surface area contributed by atoms with Gasteiger partial charge in [-0.1, -0.05) is 18.2 Å². The number of nitrogens with zero attached hydrogens (tertiary/aromatic N) is 2. The lowest BCUT2D eigenvalue weighted by atomic mass is 10.0. The summed E-state index contributed by atoms with van der Waals surface area (Å²) in [6, 6.07) is 9.83. The van der Waals surface area contributed by atoms with Crippen LogP contribution in [0.15, 0.2) is 35.7 Å². The summed E-state index contributed by atoms with van der Waals surface area (Å²) >= 11 is 1.73. The van der Waals surface area contributed by atoms with E-state index in [9.17, 15) is 9.59 Å². The van der Waals surface area contributed by atoms with Gasteiger partial charge in [0.2, 0.25) is 11.8 Å². The Balaban J connectivity index is 1.73. The zero-order valence-corrected chi connectivity index (χ0v) is 18.7. The molecule has 0 aliphatic carbocycles. The van der Waals surface area contributed by atoms with Gasteiger partial charge in [-0.05, 0) is 48.4 Å². The van der Waals surface area contributed by atoms with Crippen molar-refractivity contribution < 1.29 is 19.1 Å². The smallest absolute Gasteiger partial charge is 0.242 e. The molecule has 1 aliphatic heterocycles. The first-order chi connectivity index (χ1) is 14.5. The summed E-state index contributed by atoms with van der Waals surface area (Å²) < 4.78 is 11.2. The fraction of sp³-hybridized carbons (Fsp3) is 0.478. The molecule has 2 aromatic rings. The minimum absolute atomic E-state index is 0.0437. The molecule has 0 bridgehead atoms. The van der Waals surface area contributed by atoms with E-state index in [2.05, 4.69) is 11.4 Å². The van der Waals surface area contributed by atoms with Gasteiger partial charge in [0.1, 0.15) is 12.4 Å².